The number of carbonyl (C=O) groups excluding carboxylic acids is 1. The Kier molecular flexibility index (Phi) is 5.44. The smallest absolute Gasteiger partial charge is 0.328 e. The van der Waals surface area contributed by atoms with E-state index < -0.39 is 5.54 Å². The second kappa shape index (κ2) is 6.90. The maximum Gasteiger partial charge on any atom is 0.328 e. The zero-order valence-electron chi connectivity index (χ0n) is 13.1. The van der Waals surface area contributed by atoms with E-state index in [1.165, 1.54) is 26.4 Å². The number of nitrogens with one attached hydrogen (secondary N) is 1. The topological polar surface area (TPSA) is 47.6 Å². The summed E-state index contributed by atoms with van der Waals surface area (Å²) in [5.41, 5.74) is -0.624. The van der Waals surface area contributed by atoms with Gasteiger partial charge in [0.15, 0.2) is 0 Å². The van der Waals surface area contributed by atoms with Crippen molar-refractivity contribution in [1.82, 2.24) is 5.32 Å². The summed E-state index contributed by atoms with van der Waals surface area (Å²) in [6.07, 6.45) is 7.38. The molecule has 0 aromatic carbocycles. The van der Waals surface area contributed by atoms with Crippen molar-refractivity contribution < 1.29 is 14.3 Å². The third-order valence-corrected chi connectivity index (χ3v) is 4.87. The van der Waals surface area contributed by atoms with Crippen molar-refractivity contribution in [2.75, 3.05) is 20.3 Å². The maximum absolute atomic E-state index is 12.3. The number of hydrogen-bond acceptors (Lipinski definition) is 4. The van der Waals surface area contributed by atoms with Crippen molar-refractivity contribution in [2.45, 2.75) is 64.0 Å². The lowest BCUT2D eigenvalue weighted by molar-refractivity contribution is -0.155. The Bertz CT molecular complexity index is 330. The minimum Gasteiger partial charge on any atom is -0.468 e. The van der Waals surface area contributed by atoms with Gasteiger partial charge in [0, 0.05) is 0 Å². The monoisotopic (exact) mass is 283 g/mol. The van der Waals surface area contributed by atoms with Crippen LogP contribution in [0.4, 0.5) is 0 Å². The van der Waals surface area contributed by atoms with Crippen LogP contribution in [-0.2, 0) is 14.3 Å². The van der Waals surface area contributed by atoms with Crippen LogP contribution < -0.4 is 5.32 Å². The summed E-state index contributed by atoms with van der Waals surface area (Å²) in [4.78, 5) is 12.3. The van der Waals surface area contributed by atoms with Gasteiger partial charge in [-0.05, 0) is 44.1 Å². The zero-order chi connectivity index (χ0) is 14.6. The van der Waals surface area contributed by atoms with Crippen LogP contribution in [0.5, 0.6) is 0 Å². The van der Waals surface area contributed by atoms with E-state index >= 15 is 0 Å². The Labute approximate surface area is 122 Å². The minimum absolute atomic E-state index is 0.162. The van der Waals surface area contributed by atoms with Crippen molar-refractivity contribution in [3.8, 4) is 0 Å². The minimum atomic E-state index is -0.624. The van der Waals surface area contributed by atoms with E-state index in [-0.39, 0.29) is 5.97 Å². The first-order valence-electron chi connectivity index (χ1n) is 8.09. The van der Waals surface area contributed by atoms with Crippen LogP contribution >= 0.6 is 0 Å². The van der Waals surface area contributed by atoms with Crippen molar-refractivity contribution in [2.24, 2.45) is 11.8 Å². The van der Waals surface area contributed by atoms with E-state index in [4.69, 9.17) is 9.47 Å². The molecule has 4 heteroatoms. The lowest BCUT2D eigenvalue weighted by atomic mass is 9.87. The Hall–Kier alpha value is -0.610. The number of esters is 1. The highest BCUT2D eigenvalue weighted by atomic mass is 16.5. The van der Waals surface area contributed by atoms with Gasteiger partial charge < -0.3 is 9.47 Å². The molecular formula is C16H29NO3. The molecular weight excluding hydrogens is 254 g/mol. The molecule has 1 N–H and O–H groups in total. The highest BCUT2D eigenvalue weighted by Gasteiger charge is 2.52. The Morgan fingerprint density at radius 3 is 2.50 bits per heavy atom. The summed E-state index contributed by atoms with van der Waals surface area (Å²) in [6, 6.07) is 0. The summed E-state index contributed by atoms with van der Waals surface area (Å²) in [6.45, 7) is 5.50. The zero-order valence-corrected chi connectivity index (χ0v) is 13.1. The molecule has 3 atom stereocenters. The highest BCUT2D eigenvalue weighted by Crippen LogP contribution is 2.41. The second-order valence-corrected chi connectivity index (χ2v) is 6.38. The first kappa shape index (κ1) is 15.8. The molecule has 3 unspecified atom stereocenters. The Morgan fingerprint density at radius 2 is 1.95 bits per heavy atom. The molecule has 2 rings (SSSR count). The largest absolute Gasteiger partial charge is 0.468 e. The van der Waals surface area contributed by atoms with E-state index in [2.05, 4.69) is 12.2 Å². The predicted octanol–water partition coefficient (Wildman–Crippen LogP) is 2.51. The molecule has 0 saturated heterocycles. The number of rotatable bonds is 7. The van der Waals surface area contributed by atoms with Crippen LogP contribution in [0.15, 0.2) is 0 Å². The van der Waals surface area contributed by atoms with Gasteiger partial charge in [0.25, 0.3) is 0 Å². The average Bonchev–Trinajstić information content (AvgIpc) is 3.29. The summed E-state index contributed by atoms with van der Waals surface area (Å²) in [7, 11) is 1.47. The lowest BCUT2D eigenvalue weighted by Gasteiger charge is -2.36. The van der Waals surface area contributed by atoms with Crippen molar-refractivity contribution in [3.05, 3.63) is 0 Å². The molecule has 0 radical (unpaired) electrons. The number of ether oxygens (including phenoxy) is 2. The van der Waals surface area contributed by atoms with Crippen LogP contribution in [0.25, 0.3) is 0 Å². The van der Waals surface area contributed by atoms with Crippen LogP contribution in [-0.4, -0.2) is 37.9 Å². The van der Waals surface area contributed by atoms with Crippen LogP contribution in [0, 0.1) is 11.8 Å². The third-order valence-electron chi connectivity index (χ3n) is 4.87. The molecule has 0 bridgehead atoms. The molecule has 20 heavy (non-hydrogen) atoms. The maximum atomic E-state index is 12.3. The van der Waals surface area contributed by atoms with Gasteiger partial charge in [-0.25, -0.2) is 4.79 Å². The molecule has 2 fully saturated rings. The Balaban J connectivity index is 2.01. The SMILES string of the molecule is CCNC(COC1CCCCC1C)(C(=O)OC)C1CC1. The molecule has 2 saturated carbocycles. The van der Waals surface area contributed by atoms with Crippen LogP contribution in [0.1, 0.15) is 52.4 Å². The normalized spacial score (nSPS) is 29.8. The van der Waals surface area contributed by atoms with Gasteiger partial charge >= 0.3 is 5.97 Å². The number of hydrogen-bond donors (Lipinski definition) is 1. The molecule has 0 aromatic heterocycles. The molecule has 0 aliphatic heterocycles. The summed E-state index contributed by atoms with van der Waals surface area (Å²) in [5, 5.41) is 3.36. The quantitative estimate of drug-likeness (QED) is 0.729. The van der Waals surface area contributed by atoms with Crippen molar-refractivity contribution in [1.29, 1.82) is 0 Å². The van der Waals surface area contributed by atoms with Gasteiger partial charge in [0.1, 0.15) is 5.54 Å². The molecule has 116 valence electrons. The van der Waals surface area contributed by atoms with Crippen molar-refractivity contribution >= 4 is 5.97 Å². The average molecular weight is 283 g/mol. The number of likely N-dealkylation sites (N-methyl/N-ethyl adjacent to an activating group) is 1. The van der Waals surface area contributed by atoms with Gasteiger partial charge in [-0.1, -0.05) is 26.7 Å². The number of carbonyl (C=O) groups is 1. The molecule has 2 aliphatic rings. The Morgan fingerprint density at radius 1 is 1.25 bits per heavy atom. The molecule has 0 aromatic rings. The fourth-order valence-corrected chi connectivity index (χ4v) is 3.45. The molecule has 0 spiro atoms. The standard InChI is InChI=1S/C16H29NO3/c1-4-17-16(13-9-10-13,15(18)19-3)11-20-14-8-6-5-7-12(14)2/h12-14,17H,4-11H2,1-3H3. The van der Waals surface area contributed by atoms with E-state index in [1.54, 1.807) is 0 Å². The first-order valence-corrected chi connectivity index (χ1v) is 8.09. The molecule has 0 heterocycles. The summed E-state index contributed by atoms with van der Waals surface area (Å²) in [5.74, 6) is 0.805. The van der Waals surface area contributed by atoms with E-state index in [9.17, 15) is 4.79 Å². The highest BCUT2D eigenvalue weighted by molar-refractivity contribution is 5.82. The van der Waals surface area contributed by atoms with Gasteiger partial charge in [0.2, 0.25) is 0 Å². The summed E-state index contributed by atoms with van der Waals surface area (Å²) < 4.78 is 11.2. The van der Waals surface area contributed by atoms with Crippen LogP contribution in [0.2, 0.25) is 0 Å². The fraction of sp³-hybridized carbons (Fsp3) is 0.938. The number of methoxy groups -OCH3 is 1. The van der Waals surface area contributed by atoms with E-state index in [0.717, 1.165) is 25.8 Å². The van der Waals surface area contributed by atoms with Gasteiger partial charge in [-0.3, -0.25) is 5.32 Å². The lowest BCUT2D eigenvalue weighted by Crippen LogP contribution is -2.58. The molecule has 0 amide bonds. The van der Waals surface area contributed by atoms with Gasteiger partial charge in [0.05, 0.1) is 19.8 Å². The second-order valence-electron chi connectivity index (χ2n) is 6.38. The van der Waals surface area contributed by atoms with Crippen molar-refractivity contribution in [3.63, 3.8) is 0 Å². The van der Waals surface area contributed by atoms with E-state index in [0.29, 0.717) is 24.5 Å². The third kappa shape index (κ3) is 3.34. The fourth-order valence-electron chi connectivity index (χ4n) is 3.45. The summed E-state index contributed by atoms with van der Waals surface area (Å²) >= 11 is 0. The van der Waals surface area contributed by atoms with Gasteiger partial charge in [-0.15, -0.1) is 0 Å². The predicted molar refractivity (Wildman–Crippen MR) is 78.5 cm³/mol. The van der Waals surface area contributed by atoms with Crippen LogP contribution in [0.3, 0.4) is 0 Å². The molecule has 2 aliphatic carbocycles. The molecule has 4 nitrogen and oxygen atoms in total. The first-order chi connectivity index (χ1) is 9.64. The van der Waals surface area contributed by atoms with Gasteiger partial charge in [-0.2, -0.15) is 0 Å². The van der Waals surface area contributed by atoms with E-state index in [1.807, 2.05) is 6.92 Å².